The summed E-state index contributed by atoms with van der Waals surface area (Å²) in [6.45, 7) is 2.98. The van der Waals surface area contributed by atoms with Gasteiger partial charge in [-0.25, -0.2) is 4.39 Å². The van der Waals surface area contributed by atoms with Gasteiger partial charge in [0.1, 0.15) is 11.6 Å². The van der Waals surface area contributed by atoms with Gasteiger partial charge in [0.05, 0.1) is 12.1 Å². The van der Waals surface area contributed by atoms with Crippen LogP contribution >= 0.6 is 11.6 Å². The predicted molar refractivity (Wildman–Crippen MR) is 62.6 cm³/mol. The molecule has 1 saturated heterocycles. The summed E-state index contributed by atoms with van der Waals surface area (Å²) in [6, 6.07) is 2.80. The molecule has 2 rings (SSSR count). The summed E-state index contributed by atoms with van der Waals surface area (Å²) in [6.07, 6.45) is 2.03. The van der Waals surface area contributed by atoms with E-state index in [2.05, 4.69) is 5.32 Å². The van der Waals surface area contributed by atoms with Crippen LogP contribution in [-0.2, 0) is 5.54 Å². The first-order valence-corrected chi connectivity index (χ1v) is 5.73. The smallest absolute Gasteiger partial charge is 0.140 e. The van der Waals surface area contributed by atoms with Crippen molar-refractivity contribution in [3.63, 3.8) is 0 Å². The van der Waals surface area contributed by atoms with Crippen LogP contribution in [0.1, 0.15) is 25.3 Å². The minimum absolute atomic E-state index is 0.244. The quantitative estimate of drug-likeness (QED) is 0.862. The Morgan fingerprint density at radius 1 is 1.50 bits per heavy atom. The second-order valence-electron chi connectivity index (χ2n) is 4.33. The van der Waals surface area contributed by atoms with Crippen molar-refractivity contribution in [2.75, 3.05) is 13.7 Å². The highest BCUT2D eigenvalue weighted by molar-refractivity contribution is 6.33. The number of hydrogen-bond acceptors (Lipinski definition) is 2. The number of ether oxygens (including phenoxy) is 1. The summed E-state index contributed by atoms with van der Waals surface area (Å²) in [7, 11) is 1.49. The zero-order valence-corrected chi connectivity index (χ0v) is 10.2. The molecule has 0 saturated carbocycles. The van der Waals surface area contributed by atoms with Gasteiger partial charge in [0.15, 0.2) is 0 Å². The molecule has 0 aliphatic carbocycles. The maximum absolute atomic E-state index is 13.5. The molecule has 1 heterocycles. The highest BCUT2D eigenvalue weighted by Gasteiger charge is 2.33. The highest BCUT2D eigenvalue weighted by atomic mass is 35.5. The van der Waals surface area contributed by atoms with Crippen LogP contribution in [0.2, 0.25) is 5.02 Å². The Bertz CT molecular complexity index is 402. The van der Waals surface area contributed by atoms with E-state index in [1.807, 2.05) is 6.92 Å². The summed E-state index contributed by atoms with van der Waals surface area (Å²) in [5, 5.41) is 3.86. The molecule has 1 unspecified atom stereocenters. The van der Waals surface area contributed by atoms with Crippen LogP contribution in [0, 0.1) is 5.82 Å². The first kappa shape index (κ1) is 11.7. The van der Waals surface area contributed by atoms with Gasteiger partial charge in [0.25, 0.3) is 0 Å². The maximum Gasteiger partial charge on any atom is 0.140 e. The Balaban J connectivity index is 2.51. The van der Waals surface area contributed by atoms with Crippen molar-refractivity contribution < 1.29 is 9.13 Å². The summed E-state index contributed by atoms with van der Waals surface area (Å²) < 4.78 is 18.5. The van der Waals surface area contributed by atoms with Crippen LogP contribution in [0.5, 0.6) is 5.75 Å². The van der Waals surface area contributed by atoms with E-state index >= 15 is 0 Å². The number of halogens is 2. The molecule has 0 bridgehead atoms. The lowest BCUT2D eigenvalue weighted by Crippen LogP contribution is -2.33. The van der Waals surface area contributed by atoms with Crippen molar-refractivity contribution in [3.05, 3.63) is 28.5 Å². The van der Waals surface area contributed by atoms with Gasteiger partial charge < -0.3 is 10.1 Å². The third-order valence-corrected chi connectivity index (χ3v) is 3.58. The van der Waals surface area contributed by atoms with Crippen LogP contribution in [0.4, 0.5) is 4.39 Å². The monoisotopic (exact) mass is 243 g/mol. The lowest BCUT2D eigenvalue weighted by Gasteiger charge is -2.26. The molecule has 1 N–H and O–H groups in total. The number of rotatable bonds is 2. The Labute approximate surface area is 99.7 Å². The van der Waals surface area contributed by atoms with Crippen molar-refractivity contribution >= 4 is 11.6 Å². The molecule has 0 spiro atoms. The third kappa shape index (κ3) is 1.89. The number of methoxy groups -OCH3 is 1. The zero-order chi connectivity index (χ0) is 11.8. The molecule has 1 atom stereocenters. The Kier molecular flexibility index (Phi) is 3.08. The minimum Gasteiger partial charge on any atom is -0.495 e. The largest absolute Gasteiger partial charge is 0.495 e. The topological polar surface area (TPSA) is 21.3 Å². The molecule has 4 heteroatoms. The molecule has 1 fully saturated rings. The molecule has 2 nitrogen and oxygen atoms in total. The highest BCUT2D eigenvalue weighted by Crippen LogP contribution is 2.39. The van der Waals surface area contributed by atoms with Crippen molar-refractivity contribution in [1.29, 1.82) is 0 Å². The predicted octanol–water partition coefficient (Wildman–Crippen LogP) is 3.09. The summed E-state index contributed by atoms with van der Waals surface area (Å²) >= 11 is 6.22. The van der Waals surface area contributed by atoms with Crippen molar-refractivity contribution in [1.82, 2.24) is 5.32 Å². The first-order chi connectivity index (χ1) is 7.57. The Morgan fingerprint density at radius 3 is 2.81 bits per heavy atom. The molecular weight excluding hydrogens is 229 g/mol. The van der Waals surface area contributed by atoms with E-state index in [0.29, 0.717) is 10.8 Å². The summed E-state index contributed by atoms with van der Waals surface area (Å²) in [4.78, 5) is 0. The third-order valence-electron chi connectivity index (χ3n) is 3.19. The average Bonchev–Trinajstić information content (AvgIpc) is 2.69. The lowest BCUT2D eigenvalue weighted by molar-refractivity contribution is 0.399. The zero-order valence-electron chi connectivity index (χ0n) is 9.44. The lowest BCUT2D eigenvalue weighted by atomic mass is 9.90. The van der Waals surface area contributed by atoms with E-state index in [9.17, 15) is 4.39 Å². The van der Waals surface area contributed by atoms with E-state index in [0.717, 1.165) is 24.9 Å². The molecule has 0 amide bonds. The van der Waals surface area contributed by atoms with Gasteiger partial charge in [-0.1, -0.05) is 11.6 Å². The van der Waals surface area contributed by atoms with Crippen LogP contribution in [-0.4, -0.2) is 13.7 Å². The fourth-order valence-electron chi connectivity index (χ4n) is 2.24. The van der Waals surface area contributed by atoms with Crippen LogP contribution in [0.15, 0.2) is 12.1 Å². The van der Waals surface area contributed by atoms with E-state index in [1.165, 1.54) is 19.2 Å². The molecule has 1 aliphatic heterocycles. The van der Waals surface area contributed by atoms with Gasteiger partial charge in [0, 0.05) is 11.6 Å². The fourth-order valence-corrected chi connectivity index (χ4v) is 2.63. The first-order valence-electron chi connectivity index (χ1n) is 5.35. The van der Waals surface area contributed by atoms with Crippen molar-refractivity contribution in [2.45, 2.75) is 25.3 Å². The van der Waals surface area contributed by atoms with Gasteiger partial charge >= 0.3 is 0 Å². The summed E-state index contributed by atoms with van der Waals surface area (Å²) in [5.74, 6) is 0.0813. The second-order valence-corrected chi connectivity index (χ2v) is 4.71. The van der Waals surface area contributed by atoms with Gasteiger partial charge in [-0.3, -0.25) is 0 Å². The minimum atomic E-state index is -0.314. The summed E-state index contributed by atoms with van der Waals surface area (Å²) in [5.41, 5.74) is 0.537. The van der Waals surface area contributed by atoms with Crippen LogP contribution in [0.25, 0.3) is 0 Å². The van der Waals surface area contributed by atoms with Gasteiger partial charge in [0.2, 0.25) is 0 Å². The van der Waals surface area contributed by atoms with E-state index in [1.54, 1.807) is 0 Å². The average molecular weight is 244 g/mol. The molecule has 1 aliphatic rings. The van der Waals surface area contributed by atoms with Gasteiger partial charge in [-0.05, 0) is 37.9 Å². The van der Waals surface area contributed by atoms with Gasteiger partial charge in [-0.15, -0.1) is 0 Å². The van der Waals surface area contributed by atoms with E-state index < -0.39 is 0 Å². The Hall–Kier alpha value is -0.800. The van der Waals surface area contributed by atoms with Crippen molar-refractivity contribution in [2.24, 2.45) is 0 Å². The molecule has 0 aromatic heterocycles. The Morgan fingerprint density at radius 2 is 2.25 bits per heavy atom. The normalized spacial score (nSPS) is 24.8. The molecule has 1 aromatic carbocycles. The molecule has 0 radical (unpaired) electrons. The standard InChI is InChI=1S/C12H15ClFNO/c1-12(4-3-5-15-12)9-6-8(14)7-10(16-2)11(9)13/h6-7,15H,3-5H2,1-2H3. The fraction of sp³-hybridized carbons (Fsp3) is 0.500. The van der Waals surface area contributed by atoms with E-state index in [-0.39, 0.29) is 11.4 Å². The van der Waals surface area contributed by atoms with Crippen LogP contribution < -0.4 is 10.1 Å². The molecule has 88 valence electrons. The number of nitrogens with one attached hydrogen (secondary N) is 1. The number of hydrogen-bond donors (Lipinski definition) is 1. The maximum atomic E-state index is 13.5. The van der Waals surface area contributed by atoms with Crippen molar-refractivity contribution in [3.8, 4) is 5.75 Å². The molecular formula is C12H15ClFNO. The van der Waals surface area contributed by atoms with Gasteiger partial charge in [-0.2, -0.15) is 0 Å². The van der Waals surface area contributed by atoms with E-state index in [4.69, 9.17) is 16.3 Å². The SMILES string of the molecule is COc1cc(F)cc(C2(C)CCCN2)c1Cl. The number of benzene rings is 1. The second kappa shape index (κ2) is 4.22. The molecule has 16 heavy (non-hydrogen) atoms. The van der Waals surface area contributed by atoms with Crippen LogP contribution in [0.3, 0.4) is 0 Å². The molecule has 1 aromatic rings.